The van der Waals surface area contributed by atoms with Gasteiger partial charge in [-0.2, -0.15) is 0 Å². The standard InChI is InChI=1S/C20H28O2/c1-2-3-4-5-6-7-8-12-17-20(21)22-18-13-16-19-14-10-9-11-15-19/h2,9-11,13-16H,1,3-8,12,17-18H2/b16-13-. The van der Waals surface area contributed by atoms with Crippen LogP contribution in [0.25, 0.3) is 6.08 Å². The van der Waals surface area contributed by atoms with Gasteiger partial charge < -0.3 is 4.74 Å². The highest BCUT2D eigenvalue weighted by molar-refractivity contribution is 5.69. The van der Waals surface area contributed by atoms with Crippen molar-refractivity contribution in [3.63, 3.8) is 0 Å². The van der Waals surface area contributed by atoms with E-state index in [2.05, 4.69) is 6.58 Å². The largest absolute Gasteiger partial charge is 0.461 e. The van der Waals surface area contributed by atoms with E-state index >= 15 is 0 Å². The van der Waals surface area contributed by atoms with Crippen LogP contribution >= 0.6 is 0 Å². The van der Waals surface area contributed by atoms with Gasteiger partial charge in [-0.25, -0.2) is 0 Å². The smallest absolute Gasteiger partial charge is 0.306 e. The second-order valence-corrected chi connectivity index (χ2v) is 5.44. The Bertz CT molecular complexity index is 434. The summed E-state index contributed by atoms with van der Waals surface area (Å²) in [6.07, 6.45) is 14.5. The lowest BCUT2D eigenvalue weighted by Crippen LogP contribution is -2.03. The highest BCUT2D eigenvalue weighted by Gasteiger charge is 2.01. The first kappa shape index (κ1) is 18.2. The summed E-state index contributed by atoms with van der Waals surface area (Å²) in [5.41, 5.74) is 1.12. The SMILES string of the molecule is C=CCCCCCCCCC(=O)OC/C=C\c1ccccc1. The van der Waals surface area contributed by atoms with Crippen LogP contribution < -0.4 is 0 Å². The number of unbranched alkanes of at least 4 members (excludes halogenated alkanes) is 6. The van der Waals surface area contributed by atoms with Crippen LogP contribution in [0.4, 0.5) is 0 Å². The van der Waals surface area contributed by atoms with Crippen LogP contribution in [0.5, 0.6) is 0 Å². The molecule has 0 aliphatic rings. The highest BCUT2D eigenvalue weighted by Crippen LogP contribution is 2.09. The first-order chi connectivity index (χ1) is 10.8. The highest BCUT2D eigenvalue weighted by atomic mass is 16.5. The third-order valence-electron chi connectivity index (χ3n) is 3.49. The van der Waals surface area contributed by atoms with Gasteiger partial charge in [0, 0.05) is 6.42 Å². The lowest BCUT2D eigenvalue weighted by molar-refractivity contribution is -0.142. The minimum atomic E-state index is -0.0932. The summed E-state index contributed by atoms with van der Waals surface area (Å²) >= 11 is 0. The molecule has 0 radical (unpaired) electrons. The minimum Gasteiger partial charge on any atom is -0.461 e. The summed E-state index contributed by atoms with van der Waals surface area (Å²) < 4.78 is 5.19. The van der Waals surface area contributed by atoms with Gasteiger partial charge in [0.2, 0.25) is 0 Å². The first-order valence-electron chi connectivity index (χ1n) is 8.31. The first-order valence-corrected chi connectivity index (χ1v) is 8.31. The van der Waals surface area contributed by atoms with E-state index in [1.807, 2.05) is 48.6 Å². The Balaban J connectivity index is 1.95. The zero-order chi connectivity index (χ0) is 15.9. The van der Waals surface area contributed by atoms with Gasteiger partial charge in [0.25, 0.3) is 0 Å². The van der Waals surface area contributed by atoms with E-state index in [9.17, 15) is 4.79 Å². The number of rotatable bonds is 12. The average Bonchev–Trinajstić information content (AvgIpc) is 2.55. The fourth-order valence-electron chi connectivity index (χ4n) is 2.23. The van der Waals surface area contributed by atoms with Crippen LogP contribution in [-0.4, -0.2) is 12.6 Å². The van der Waals surface area contributed by atoms with Crippen molar-refractivity contribution in [1.82, 2.24) is 0 Å². The van der Waals surface area contributed by atoms with Crippen LogP contribution in [0.1, 0.15) is 56.9 Å². The maximum atomic E-state index is 11.6. The van der Waals surface area contributed by atoms with Gasteiger partial charge in [0.1, 0.15) is 6.61 Å². The van der Waals surface area contributed by atoms with Crippen LogP contribution in [0, 0.1) is 0 Å². The molecule has 1 aromatic carbocycles. The fraction of sp³-hybridized carbons (Fsp3) is 0.450. The van der Waals surface area contributed by atoms with E-state index in [0.29, 0.717) is 13.0 Å². The lowest BCUT2D eigenvalue weighted by Gasteiger charge is -2.02. The van der Waals surface area contributed by atoms with Gasteiger partial charge in [-0.15, -0.1) is 6.58 Å². The molecular weight excluding hydrogens is 272 g/mol. The molecule has 120 valence electrons. The second-order valence-electron chi connectivity index (χ2n) is 5.44. The Hall–Kier alpha value is -1.83. The van der Waals surface area contributed by atoms with Crippen LogP contribution in [0.15, 0.2) is 49.1 Å². The molecule has 0 saturated heterocycles. The van der Waals surface area contributed by atoms with E-state index in [4.69, 9.17) is 4.74 Å². The molecule has 22 heavy (non-hydrogen) atoms. The number of ether oxygens (including phenoxy) is 1. The van der Waals surface area contributed by atoms with E-state index in [-0.39, 0.29) is 5.97 Å². The number of hydrogen-bond donors (Lipinski definition) is 0. The molecular formula is C20H28O2. The van der Waals surface area contributed by atoms with E-state index in [1.165, 1.54) is 25.7 Å². The number of benzene rings is 1. The molecule has 0 spiro atoms. The molecule has 0 atom stereocenters. The Morgan fingerprint density at radius 1 is 1.00 bits per heavy atom. The fourth-order valence-corrected chi connectivity index (χ4v) is 2.23. The minimum absolute atomic E-state index is 0.0932. The average molecular weight is 300 g/mol. The van der Waals surface area contributed by atoms with Gasteiger partial charge in [0.05, 0.1) is 0 Å². The summed E-state index contributed by atoms with van der Waals surface area (Å²) in [7, 11) is 0. The van der Waals surface area contributed by atoms with Crippen molar-refractivity contribution in [2.75, 3.05) is 6.61 Å². The van der Waals surface area contributed by atoms with Crippen molar-refractivity contribution in [3.05, 3.63) is 54.6 Å². The number of carbonyl (C=O) groups is 1. The van der Waals surface area contributed by atoms with Crippen molar-refractivity contribution in [2.45, 2.75) is 51.4 Å². The third-order valence-corrected chi connectivity index (χ3v) is 3.49. The van der Waals surface area contributed by atoms with Crippen molar-refractivity contribution in [1.29, 1.82) is 0 Å². The molecule has 0 aliphatic carbocycles. The molecule has 0 saturated carbocycles. The number of esters is 1. The Kier molecular flexibility index (Phi) is 10.7. The van der Waals surface area contributed by atoms with E-state index in [1.54, 1.807) is 0 Å². The molecule has 0 aromatic heterocycles. The van der Waals surface area contributed by atoms with Crippen LogP contribution in [0.2, 0.25) is 0 Å². The molecule has 2 nitrogen and oxygen atoms in total. The summed E-state index contributed by atoms with van der Waals surface area (Å²) in [4.78, 5) is 11.6. The summed E-state index contributed by atoms with van der Waals surface area (Å²) in [6, 6.07) is 10.0. The zero-order valence-electron chi connectivity index (χ0n) is 13.5. The van der Waals surface area contributed by atoms with Gasteiger partial charge >= 0.3 is 5.97 Å². The predicted molar refractivity (Wildman–Crippen MR) is 93.6 cm³/mol. The van der Waals surface area contributed by atoms with Crippen molar-refractivity contribution < 1.29 is 9.53 Å². The topological polar surface area (TPSA) is 26.3 Å². The van der Waals surface area contributed by atoms with Gasteiger partial charge in [-0.3, -0.25) is 4.79 Å². The molecule has 0 N–H and O–H groups in total. The van der Waals surface area contributed by atoms with Crippen molar-refractivity contribution in [3.8, 4) is 0 Å². The Morgan fingerprint density at radius 2 is 1.68 bits per heavy atom. The predicted octanol–water partition coefficient (Wildman–Crippen LogP) is 5.55. The normalized spacial score (nSPS) is 10.7. The summed E-state index contributed by atoms with van der Waals surface area (Å²) in [6.45, 7) is 4.08. The van der Waals surface area contributed by atoms with Gasteiger partial charge in [0.15, 0.2) is 0 Å². The zero-order valence-corrected chi connectivity index (χ0v) is 13.5. The van der Waals surface area contributed by atoms with Crippen LogP contribution in [-0.2, 0) is 9.53 Å². The van der Waals surface area contributed by atoms with Gasteiger partial charge in [-0.05, 0) is 30.9 Å². The molecule has 0 unspecified atom stereocenters. The Labute approximate surface area is 134 Å². The number of allylic oxidation sites excluding steroid dienone is 1. The third kappa shape index (κ3) is 9.98. The molecule has 0 amide bonds. The lowest BCUT2D eigenvalue weighted by atomic mass is 10.1. The second kappa shape index (κ2) is 12.9. The van der Waals surface area contributed by atoms with Crippen LogP contribution in [0.3, 0.4) is 0 Å². The van der Waals surface area contributed by atoms with E-state index in [0.717, 1.165) is 24.8 Å². The van der Waals surface area contributed by atoms with E-state index < -0.39 is 0 Å². The molecule has 0 bridgehead atoms. The molecule has 0 fully saturated rings. The number of carbonyl (C=O) groups excluding carboxylic acids is 1. The maximum absolute atomic E-state index is 11.6. The quantitative estimate of drug-likeness (QED) is 0.287. The van der Waals surface area contributed by atoms with Gasteiger partial charge in [-0.1, -0.05) is 68.2 Å². The summed E-state index contributed by atoms with van der Waals surface area (Å²) in [5, 5.41) is 0. The molecule has 1 rings (SSSR count). The van der Waals surface area contributed by atoms with Crippen molar-refractivity contribution >= 4 is 12.0 Å². The summed E-state index contributed by atoms with van der Waals surface area (Å²) in [5.74, 6) is -0.0932. The molecule has 0 heterocycles. The molecule has 1 aromatic rings. The maximum Gasteiger partial charge on any atom is 0.306 e. The molecule has 0 aliphatic heterocycles. The Morgan fingerprint density at radius 3 is 2.41 bits per heavy atom. The molecule has 2 heteroatoms. The monoisotopic (exact) mass is 300 g/mol. The van der Waals surface area contributed by atoms with Crippen molar-refractivity contribution in [2.24, 2.45) is 0 Å². The number of hydrogen-bond acceptors (Lipinski definition) is 2.